The second kappa shape index (κ2) is 10.0. The minimum absolute atomic E-state index is 0.00534. The zero-order valence-electron chi connectivity index (χ0n) is 16.9. The maximum absolute atomic E-state index is 13.1. The molecule has 0 saturated heterocycles. The van der Waals surface area contributed by atoms with Crippen molar-refractivity contribution in [1.29, 1.82) is 0 Å². The molecule has 5 nitrogen and oxygen atoms in total. The van der Waals surface area contributed by atoms with Crippen molar-refractivity contribution < 1.29 is 22.9 Å². The highest BCUT2D eigenvalue weighted by Gasteiger charge is 2.31. The van der Waals surface area contributed by atoms with Gasteiger partial charge in [0.1, 0.15) is 0 Å². The Bertz CT molecular complexity index is 1240. The molecule has 0 atom stereocenters. The van der Waals surface area contributed by atoms with E-state index in [1.165, 1.54) is 13.0 Å². The molecule has 0 aliphatic rings. The Morgan fingerprint density at radius 2 is 1.79 bits per heavy atom. The van der Waals surface area contributed by atoms with Crippen LogP contribution in [0.25, 0.3) is 0 Å². The third-order valence-electron chi connectivity index (χ3n) is 4.55. The number of ketones is 1. The number of benzene rings is 3. The third-order valence-corrected chi connectivity index (χ3v) is 6.34. The van der Waals surface area contributed by atoms with Gasteiger partial charge in [0.25, 0.3) is 5.69 Å². The van der Waals surface area contributed by atoms with Gasteiger partial charge in [0.15, 0.2) is 5.78 Å². The van der Waals surface area contributed by atoms with Gasteiger partial charge < -0.3 is 5.32 Å². The van der Waals surface area contributed by atoms with Gasteiger partial charge in [0.05, 0.1) is 25.4 Å². The lowest BCUT2D eigenvalue weighted by Gasteiger charge is -2.14. The van der Waals surface area contributed by atoms with E-state index in [1.807, 2.05) is 0 Å². The highest BCUT2D eigenvalue weighted by atomic mass is 35.5. The maximum atomic E-state index is 13.1. The minimum Gasteiger partial charge on any atom is -0.380 e. The molecule has 0 aromatic heterocycles. The van der Waals surface area contributed by atoms with Crippen molar-refractivity contribution in [3.63, 3.8) is 0 Å². The number of nitrogens with one attached hydrogen (secondary N) is 1. The number of carbonyl (C=O) groups excluding carboxylic acids is 1. The van der Waals surface area contributed by atoms with Crippen molar-refractivity contribution in [2.24, 2.45) is 0 Å². The molecule has 0 fully saturated rings. The SMILES string of the molecule is CC(=O)c1ccc(C(F)(F)F)cc1NCc1ccc(Sc2ccc(Cl)c(Cl)c2)c([N+](=O)[O-])c1. The van der Waals surface area contributed by atoms with Crippen LogP contribution in [0.5, 0.6) is 0 Å². The minimum atomic E-state index is -4.58. The fourth-order valence-electron chi connectivity index (χ4n) is 2.94. The number of alkyl halides is 3. The van der Waals surface area contributed by atoms with Gasteiger partial charge in [-0.1, -0.05) is 41.0 Å². The Labute approximate surface area is 201 Å². The zero-order valence-corrected chi connectivity index (χ0v) is 19.2. The quantitative estimate of drug-likeness (QED) is 0.197. The molecule has 3 rings (SSSR count). The summed E-state index contributed by atoms with van der Waals surface area (Å²) in [5.74, 6) is -0.412. The van der Waals surface area contributed by atoms with Crippen molar-refractivity contribution in [3.8, 4) is 0 Å². The van der Waals surface area contributed by atoms with Crippen molar-refractivity contribution in [2.45, 2.75) is 29.4 Å². The molecule has 172 valence electrons. The molecule has 0 unspecified atom stereocenters. The number of halogens is 5. The van der Waals surface area contributed by atoms with E-state index in [1.54, 1.807) is 30.3 Å². The van der Waals surface area contributed by atoms with Gasteiger partial charge in [-0.2, -0.15) is 13.2 Å². The van der Waals surface area contributed by atoms with E-state index < -0.39 is 22.4 Å². The molecule has 0 saturated carbocycles. The summed E-state index contributed by atoms with van der Waals surface area (Å²) in [7, 11) is 0. The van der Waals surface area contributed by atoms with Crippen molar-refractivity contribution in [3.05, 3.63) is 91.4 Å². The molecule has 0 radical (unpaired) electrons. The van der Waals surface area contributed by atoms with Crippen molar-refractivity contribution in [2.75, 3.05) is 5.32 Å². The van der Waals surface area contributed by atoms with E-state index in [0.717, 1.165) is 30.0 Å². The number of nitrogens with zero attached hydrogens (tertiary/aromatic N) is 1. The summed E-state index contributed by atoms with van der Waals surface area (Å²) in [5, 5.41) is 15.1. The molecule has 0 aliphatic carbocycles. The largest absolute Gasteiger partial charge is 0.416 e. The summed E-state index contributed by atoms with van der Waals surface area (Å²) in [6, 6.07) is 12.1. The Kier molecular flexibility index (Phi) is 7.56. The zero-order chi connectivity index (χ0) is 24.3. The smallest absolute Gasteiger partial charge is 0.380 e. The van der Waals surface area contributed by atoms with Gasteiger partial charge in [0, 0.05) is 28.8 Å². The van der Waals surface area contributed by atoms with Crippen LogP contribution in [-0.2, 0) is 12.7 Å². The molecule has 0 spiro atoms. The average molecular weight is 515 g/mol. The van der Waals surface area contributed by atoms with Crippen molar-refractivity contribution in [1.82, 2.24) is 0 Å². The van der Waals surface area contributed by atoms with E-state index in [9.17, 15) is 28.1 Å². The number of rotatable bonds is 7. The Morgan fingerprint density at radius 3 is 2.39 bits per heavy atom. The summed E-state index contributed by atoms with van der Waals surface area (Å²) >= 11 is 13.0. The number of hydrogen-bond acceptors (Lipinski definition) is 5. The first-order valence-electron chi connectivity index (χ1n) is 9.32. The second-order valence-corrected chi connectivity index (χ2v) is 8.83. The van der Waals surface area contributed by atoms with E-state index in [2.05, 4.69) is 5.32 Å². The van der Waals surface area contributed by atoms with Gasteiger partial charge in [-0.05, 0) is 55.0 Å². The molecule has 3 aromatic rings. The first kappa shape index (κ1) is 24.9. The van der Waals surface area contributed by atoms with Gasteiger partial charge >= 0.3 is 6.18 Å². The maximum Gasteiger partial charge on any atom is 0.416 e. The van der Waals surface area contributed by atoms with Crippen LogP contribution in [0.3, 0.4) is 0 Å². The monoisotopic (exact) mass is 514 g/mol. The summed E-state index contributed by atoms with van der Waals surface area (Å²) < 4.78 is 39.2. The predicted octanol–water partition coefficient (Wildman–Crippen LogP) is 7.89. The Morgan fingerprint density at radius 1 is 1.06 bits per heavy atom. The Hall–Kier alpha value is -2.75. The number of anilines is 1. The van der Waals surface area contributed by atoms with Gasteiger partial charge in [-0.25, -0.2) is 0 Å². The first-order chi connectivity index (χ1) is 15.5. The van der Waals surface area contributed by atoms with Crippen LogP contribution in [0.2, 0.25) is 10.0 Å². The normalized spacial score (nSPS) is 11.3. The summed E-state index contributed by atoms with van der Waals surface area (Å²) in [6.45, 7) is 1.22. The van der Waals surface area contributed by atoms with Crippen LogP contribution in [0.4, 0.5) is 24.5 Å². The lowest BCUT2D eigenvalue weighted by molar-refractivity contribution is -0.387. The average Bonchev–Trinajstić information content (AvgIpc) is 2.74. The molecule has 0 amide bonds. The van der Waals surface area contributed by atoms with Gasteiger partial charge in [-0.15, -0.1) is 0 Å². The number of carbonyl (C=O) groups is 1. The van der Waals surface area contributed by atoms with E-state index in [0.29, 0.717) is 25.4 Å². The van der Waals surface area contributed by atoms with Crippen LogP contribution in [-0.4, -0.2) is 10.7 Å². The van der Waals surface area contributed by atoms with Crippen LogP contribution >= 0.6 is 35.0 Å². The van der Waals surface area contributed by atoms with Crippen LogP contribution in [0, 0.1) is 10.1 Å². The predicted molar refractivity (Wildman–Crippen MR) is 122 cm³/mol. The number of hydrogen-bond donors (Lipinski definition) is 1. The highest BCUT2D eigenvalue weighted by molar-refractivity contribution is 7.99. The van der Waals surface area contributed by atoms with Crippen molar-refractivity contribution >= 4 is 52.1 Å². The molecule has 1 N–H and O–H groups in total. The van der Waals surface area contributed by atoms with Gasteiger partial charge in [-0.3, -0.25) is 14.9 Å². The highest BCUT2D eigenvalue weighted by Crippen LogP contribution is 2.38. The molecule has 33 heavy (non-hydrogen) atoms. The second-order valence-electron chi connectivity index (χ2n) is 6.91. The third kappa shape index (κ3) is 6.19. The summed E-state index contributed by atoms with van der Waals surface area (Å²) in [6.07, 6.45) is -4.58. The molecular weight excluding hydrogens is 500 g/mol. The fourth-order valence-corrected chi connectivity index (χ4v) is 4.24. The van der Waals surface area contributed by atoms with Crippen LogP contribution < -0.4 is 5.32 Å². The number of nitro groups is 1. The van der Waals surface area contributed by atoms with Gasteiger partial charge in [0.2, 0.25) is 0 Å². The van der Waals surface area contributed by atoms with E-state index >= 15 is 0 Å². The molecule has 0 aliphatic heterocycles. The molecular formula is C22H15Cl2F3N2O3S. The lowest BCUT2D eigenvalue weighted by atomic mass is 10.1. The lowest BCUT2D eigenvalue weighted by Crippen LogP contribution is -2.10. The first-order valence-corrected chi connectivity index (χ1v) is 10.9. The summed E-state index contributed by atoms with van der Waals surface area (Å²) in [5.41, 5.74) is -0.554. The topological polar surface area (TPSA) is 72.2 Å². The number of Topliss-reactive ketones (excluding diaryl/α,β-unsaturated/α-hetero) is 1. The van der Waals surface area contributed by atoms with Crippen LogP contribution in [0.15, 0.2) is 64.4 Å². The molecule has 0 heterocycles. The molecule has 3 aromatic carbocycles. The standard InChI is InChI=1S/C22H15Cl2F3N2O3S/c1-12(30)16-5-3-14(22(25,26)27)9-19(16)28-11-13-2-7-21(20(8-13)29(31)32)33-15-4-6-17(23)18(24)10-15/h2-10,28H,11H2,1H3. The Balaban J connectivity index is 1.86. The molecule has 11 heteroatoms. The van der Waals surface area contributed by atoms with E-state index in [4.69, 9.17) is 23.2 Å². The van der Waals surface area contributed by atoms with Crippen LogP contribution in [0.1, 0.15) is 28.4 Å². The summed E-state index contributed by atoms with van der Waals surface area (Å²) in [4.78, 5) is 23.9. The number of nitro benzene ring substituents is 1. The van der Waals surface area contributed by atoms with E-state index in [-0.39, 0.29) is 23.5 Å². The molecule has 0 bridgehead atoms. The fraction of sp³-hybridized carbons (Fsp3) is 0.136.